The molecular weight excluding hydrogens is 184 g/mol. The lowest BCUT2D eigenvalue weighted by molar-refractivity contribution is -0.138. The van der Waals surface area contributed by atoms with Gasteiger partial charge < -0.3 is 5.11 Å². The van der Waals surface area contributed by atoms with Gasteiger partial charge in [0.2, 0.25) is 0 Å². The minimum Gasteiger partial charge on any atom is -0.481 e. The normalized spacial score (nSPS) is 12.5. The van der Waals surface area contributed by atoms with Crippen LogP contribution in [0.5, 0.6) is 0 Å². The Hall–Kier alpha value is -0.960. The molecule has 1 aromatic carbocycles. The fourth-order valence-corrected chi connectivity index (χ4v) is 1.85. The van der Waals surface area contributed by atoms with Gasteiger partial charge in [0, 0.05) is 4.90 Å². The Morgan fingerprint density at radius 2 is 2.08 bits per heavy atom. The number of aliphatic carboxylic acids is 1. The van der Waals surface area contributed by atoms with E-state index < -0.39 is 11.9 Å². The van der Waals surface area contributed by atoms with Gasteiger partial charge in [0.15, 0.2) is 0 Å². The minimum absolute atomic E-state index is 0.427. The van der Waals surface area contributed by atoms with E-state index in [1.807, 2.05) is 30.5 Å². The Morgan fingerprint density at radius 3 is 2.62 bits per heavy atom. The maximum Gasteiger partial charge on any atom is 0.310 e. The third kappa shape index (κ3) is 2.25. The van der Waals surface area contributed by atoms with Crippen molar-refractivity contribution < 1.29 is 9.90 Å². The van der Waals surface area contributed by atoms with Crippen molar-refractivity contribution in [3.8, 4) is 0 Å². The van der Waals surface area contributed by atoms with Crippen LogP contribution in [0.3, 0.4) is 0 Å². The second-order valence-corrected chi connectivity index (χ2v) is 3.65. The monoisotopic (exact) mass is 196 g/mol. The summed E-state index contributed by atoms with van der Waals surface area (Å²) in [5.74, 6) is -1.20. The zero-order chi connectivity index (χ0) is 9.84. The van der Waals surface area contributed by atoms with E-state index in [-0.39, 0.29) is 0 Å². The van der Waals surface area contributed by atoms with Crippen LogP contribution in [0.2, 0.25) is 0 Å². The zero-order valence-electron chi connectivity index (χ0n) is 7.65. The quantitative estimate of drug-likeness (QED) is 0.755. The van der Waals surface area contributed by atoms with Crippen LogP contribution in [-0.2, 0) is 4.79 Å². The summed E-state index contributed by atoms with van der Waals surface area (Å²) in [6.45, 7) is 1.71. The van der Waals surface area contributed by atoms with E-state index in [0.717, 1.165) is 10.5 Å². The van der Waals surface area contributed by atoms with Gasteiger partial charge in [0.05, 0.1) is 5.92 Å². The number of benzene rings is 1. The van der Waals surface area contributed by atoms with Gasteiger partial charge in [-0.1, -0.05) is 18.2 Å². The summed E-state index contributed by atoms with van der Waals surface area (Å²) >= 11 is 1.58. The maximum absolute atomic E-state index is 10.8. The molecule has 1 rings (SSSR count). The third-order valence-electron chi connectivity index (χ3n) is 1.98. The highest BCUT2D eigenvalue weighted by atomic mass is 32.2. The molecule has 0 bridgehead atoms. The highest BCUT2D eigenvalue weighted by Crippen LogP contribution is 2.26. The zero-order valence-corrected chi connectivity index (χ0v) is 8.47. The summed E-state index contributed by atoms with van der Waals surface area (Å²) in [4.78, 5) is 11.8. The molecule has 13 heavy (non-hydrogen) atoms. The number of carbonyl (C=O) groups is 1. The smallest absolute Gasteiger partial charge is 0.310 e. The van der Waals surface area contributed by atoms with Gasteiger partial charge in [-0.15, -0.1) is 11.8 Å². The van der Waals surface area contributed by atoms with Gasteiger partial charge in [-0.05, 0) is 24.8 Å². The van der Waals surface area contributed by atoms with Crippen LogP contribution in [0.15, 0.2) is 29.2 Å². The first-order chi connectivity index (χ1) is 6.16. The Balaban J connectivity index is 3.05. The number of carboxylic acid groups (broad SMARTS) is 1. The van der Waals surface area contributed by atoms with Crippen molar-refractivity contribution in [3.63, 3.8) is 0 Å². The van der Waals surface area contributed by atoms with E-state index in [0.29, 0.717) is 0 Å². The minimum atomic E-state index is -0.776. The molecule has 0 aliphatic carbocycles. The molecule has 2 nitrogen and oxygen atoms in total. The molecule has 1 aromatic rings. The van der Waals surface area contributed by atoms with E-state index in [4.69, 9.17) is 5.11 Å². The molecule has 0 aliphatic rings. The maximum atomic E-state index is 10.8. The number of rotatable bonds is 3. The van der Waals surface area contributed by atoms with Crippen LogP contribution in [0, 0.1) is 0 Å². The van der Waals surface area contributed by atoms with Gasteiger partial charge in [-0.2, -0.15) is 0 Å². The van der Waals surface area contributed by atoms with Crippen molar-refractivity contribution in [2.45, 2.75) is 17.7 Å². The lowest BCUT2D eigenvalue weighted by Crippen LogP contribution is -2.08. The van der Waals surface area contributed by atoms with Crippen LogP contribution in [0.25, 0.3) is 0 Å². The molecule has 1 atom stereocenters. The summed E-state index contributed by atoms with van der Waals surface area (Å²) in [6.07, 6.45) is 1.95. The molecule has 0 aliphatic heterocycles. The Morgan fingerprint density at radius 1 is 1.46 bits per heavy atom. The predicted molar refractivity (Wildman–Crippen MR) is 54.3 cm³/mol. The molecule has 0 saturated heterocycles. The average Bonchev–Trinajstić information content (AvgIpc) is 2.16. The second-order valence-electron chi connectivity index (χ2n) is 2.80. The number of carboxylic acids is 1. The Kier molecular flexibility index (Phi) is 3.37. The van der Waals surface area contributed by atoms with Gasteiger partial charge >= 0.3 is 5.97 Å². The third-order valence-corrected chi connectivity index (χ3v) is 2.79. The first kappa shape index (κ1) is 10.1. The lowest BCUT2D eigenvalue weighted by atomic mass is 10.0. The molecule has 0 fully saturated rings. The average molecular weight is 196 g/mol. The Labute approximate surface area is 82.0 Å². The van der Waals surface area contributed by atoms with Crippen LogP contribution in [-0.4, -0.2) is 17.3 Å². The van der Waals surface area contributed by atoms with Gasteiger partial charge in [0.1, 0.15) is 0 Å². The van der Waals surface area contributed by atoms with Crippen molar-refractivity contribution in [2.24, 2.45) is 0 Å². The van der Waals surface area contributed by atoms with E-state index >= 15 is 0 Å². The highest BCUT2D eigenvalue weighted by Gasteiger charge is 2.15. The molecule has 1 N–H and O–H groups in total. The predicted octanol–water partition coefficient (Wildman–Crippen LogP) is 2.60. The Bertz CT molecular complexity index is 310. The molecule has 0 heterocycles. The number of hydrogen-bond donors (Lipinski definition) is 1. The van der Waals surface area contributed by atoms with Crippen molar-refractivity contribution in [2.75, 3.05) is 6.26 Å². The molecule has 0 spiro atoms. The molecule has 3 heteroatoms. The standard InChI is InChI=1S/C10H12O2S/c1-7(10(11)12)8-5-3-4-6-9(8)13-2/h3-7H,1-2H3,(H,11,12). The van der Waals surface area contributed by atoms with Gasteiger partial charge in [-0.25, -0.2) is 0 Å². The van der Waals surface area contributed by atoms with Crippen molar-refractivity contribution >= 4 is 17.7 Å². The van der Waals surface area contributed by atoms with E-state index in [1.165, 1.54) is 0 Å². The topological polar surface area (TPSA) is 37.3 Å². The van der Waals surface area contributed by atoms with E-state index in [2.05, 4.69) is 0 Å². The van der Waals surface area contributed by atoms with Crippen LogP contribution in [0.4, 0.5) is 0 Å². The fourth-order valence-electron chi connectivity index (χ4n) is 1.16. The summed E-state index contributed by atoms with van der Waals surface area (Å²) in [5.41, 5.74) is 0.891. The van der Waals surface area contributed by atoms with Crippen LogP contribution in [0.1, 0.15) is 18.4 Å². The van der Waals surface area contributed by atoms with Crippen LogP contribution < -0.4 is 0 Å². The molecule has 0 amide bonds. The molecular formula is C10H12O2S. The molecule has 0 radical (unpaired) electrons. The SMILES string of the molecule is CSc1ccccc1C(C)C(=O)O. The van der Waals surface area contributed by atoms with Crippen molar-refractivity contribution in [1.82, 2.24) is 0 Å². The molecule has 0 saturated carbocycles. The van der Waals surface area contributed by atoms with Crippen molar-refractivity contribution in [3.05, 3.63) is 29.8 Å². The second kappa shape index (κ2) is 4.33. The summed E-state index contributed by atoms with van der Waals surface area (Å²) in [6, 6.07) is 7.60. The number of hydrogen-bond acceptors (Lipinski definition) is 2. The largest absolute Gasteiger partial charge is 0.481 e. The molecule has 0 aromatic heterocycles. The van der Waals surface area contributed by atoms with Gasteiger partial charge in [0.25, 0.3) is 0 Å². The number of thioether (sulfide) groups is 1. The van der Waals surface area contributed by atoms with Gasteiger partial charge in [-0.3, -0.25) is 4.79 Å². The van der Waals surface area contributed by atoms with Crippen molar-refractivity contribution in [1.29, 1.82) is 0 Å². The van der Waals surface area contributed by atoms with Crippen LogP contribution >= 0.6 is 11.8 Å². The molecule has 70 valence electrons. The summed E-state index contributed by atoms with van der Waals surface area (Å²) in [7, 11) is 0. The summed E-state index contributed by atoms with van der Waals surface area (Å²) < 4.78 is 0. The molecule has 1 unspecified atom stereocenters. The lowest BCUT2D eigenvalue weighted by Gasteiger charge is -2.10. The van der Waals surface area contributed by atoms with E-state index in [9.17, 15) is 4.79 Å². The highest BCUT2D eigenvalue weighted by molar-refractivity contribution is 7.98. The summed E-state index contributed by atoms with van der Waals surface area (Å²) in [5, 5.41) is 8.85. The fraction of sp³-hybridized carbons (Fsp3) is 0.300. The first-order valence-corrected chi connectivity index (χ1v) is 5.25. The van der Waals surface area contributed by atoms with E-state index in [1.54, 1.807) is 18.7 Å². The first-order valence-electron chi connectivity index (χ1n) is 4.02.